The molecule has 2 nitrogen and oxygen atoms in total. The van der Waals surface area contributed by atoms with Crippen molar-refractivity contribution in [3.8, 4) is 5.75 Å². The van der Waals surface area contributed by atoms with E-state index in [9.17, 15) is 0 Å². The Labute approximate surface area is 144 Å². The summed E-state index contributed by atoms with van der Waals surface area (Å²) in [6, 6.07) is 16.2. The highest BCUT2D eigenvalue weighted by molar-refractivity contribution is 6.31. The molecule has 0 amide bonds. The third-order valence-electron chi connectivity index (χ3n) is 3.82. The number of ether oxygens (including phenoxy) is 1. The van der Waals surface area contributed by atoms with Crippen molar-refractivity contribution in [2.45, 2.75) is 45.7 Å². The molecule has 2 aromatic carbocycles. The van der Waals surface area contributed by atoms with Crippen molar-refractivity contribution in [1.82, 2.24) is 5.32 Å². The molecule has 0 saturated heterocycles. The first-order chi connectivity index (χ1) is 11.3. The fraction of sp³-hybridized carbons (Fsp3) is 0.400. The van der Waals surface area contributed by atoms with Gasteiger partial charge in [0.15, 0.2) is 0 Å². The number of hydrogen-bond acceptors (Lipinski definition) is 2. The maximum atomic E-state index is 6.18. The lowest BCUT2D eigenvalue weighted by atomic mass is 10.2. The van der Waals surface area contributed by atoms with Gasteiger partial charge in [0.1, 0.15) is 5.75 Å². The third kappa shape index (κ3) is 6.25. The molecule has 0 spiro atoms. The number of nitrogens with one attached hydrogen (secondary N) is 1. The molecule has 124 valence electrons. The predicted molar refractivity (Wildman–Crippen MR) is 98.1 cm³/mol. The molecule has 0 aliphatic rings. The number of para-hydroxylation sites is 1. The molecule has 0 heterocycles. The van der Waals surface area contributed by atoms with Crippen molar-refractivity contribution in [3.05, 3.63) is 64.7 Å². The normalized spacial score (nSPS) is 10.7. The topological polar surface area (TPSA) is 21.3 Å². The van der Waals surface area contributed by atoms with E-state index < -0.39 is 0 Å². The first kappa shape index (κ1) is 17.8. The van der Waals surface area contributed by atoms with Crippen LogP contribution in [0.4, 0.5) is 0 Å². The van der Waals surface area contributed by atoms with E-state index in [4.69, 9.17) is 16.3 Å². The Balaban J connectivity index is 1.81. The summed E-state index contributed by atoms with van der Waals surface area (Å²) in [5.41, 5.74) is 2.31. The maximum absolute atomic E-state index is 6.18. The highest BCUT2D eigenvalue weighted by Gasteiger charge is 2.04. The molecule has 0 saturated carbocycles. The molecular formula is C20H26ClNO. The minimum atomic E-state index is 0.754. The van der Waals surface area contributed by atoms with Crippen molar-refractivity contribution in [3.63, 3.8) is 0 Å². The molecule has 0 aliphatic heterocycles. The van der Waals surface area contributed by atoms with Crippen LogP contribution in [0.5, 0.6) is 5.75 Å². The Morgan fingerprint density at radius 3 is 2.35 bits per heavy atom. The van der Waals surface area contributed by atoms with Gasteiger partial charge in [0.2, 0.25) is 0 Å². The van der Waals surface area contributed by atoms with Gasteiger partial charge in [0, 0.05) is 23.7 Å². The molecule has 0 atom stereocenters. The molecule has 0 aliphatic carbocycles. The standard InChI is InChI=1S/C20H26ClNO/c1-2-3-4-9-14-23-20-13-8-6-11-18(20)16-22-15-17-10-5-7-12-19(17)21/h5-8,10-13,22H,2-4,9,14-16H2,1H3. The average molecular weight is 332 g/mol. The van der Waals surface area contributed by atoms with E-state index in [0.29, 0.717) is 0 Å². The Hall–Kier alpha value is -1.51. The molecule has 0 fully saturated rings. The fourth-order valence-electron chi connectivity index (χ4n) is 2.48. The average Bonchev–Trinajstić information content (AvgIpc) is 2.57. The molecule has 23 heavy (non-hydrogen) atoms. The maximum Gasteiger partial charge on any atom is 0.123 e. The second kappa shape index (κ2) is 10.3. The zero-order chi connectivity index (χ0) is 16.3. The summed E-state index contributed by atoms with van der Waals surface area (Å²) in [6.07, 6.45) is 4.89. The molecule has 0 bridgehead atoms. The molecule has 3 heteroatoms. The number of unbranched alkanes of at least 4 members (excludes halogenated alkanes) is 3. The van der Waals surface area contributed by atoms with Gasteiger partial charge in [-0.15, -0.1) is 0 Å². The Kier molecular flexibility index (Phi) is 7.99. The zero-order valence-corrected chi connectivity index (χ0v) is 14.6. The van der Waals surface area contributed by atoms with Crippen molar-refractivity contribution in [1.29, 1.82) is 0 Å². The lowest BCUT2D eigenvalue weighted by Crippen LogP contribution is -2.14. The molecule has 0 unspecified atom stereocenters. The summed E-state index contributed by atoms with van der Waals surface area (Å²) in [6.45, 7) is 4.54. The number of benzene rings is 2. The summed E-state index contributed by atoms with van der Waals surface area (Å²) in [4.78, 5) is 0. The lowest BCUT2D eigenvalue weighted by Gasteiger charge is -2.12. The smallest absolute Gasteiger partial charge is 0.123 e. The SMILES string of the molecule is CCCCCCOc1ccccc1CNCc1ccccc1Cl. The van der Waals surface area contributed by atoms with Gasteiger partial charge >= 0.3 is 0 Å². The summed E-state index contributed by atoms with van der Waals surface area (Å²) >= 11 is 6.18. The summed E-state index contributed by atoms with van der Waals surface area (Å²) in [5, 5.41) is 4.25. The van der Waals surface area contributed by atoms with Crippen LogP contribution in [0.15, 0.2) is 48.5 Å². The third-order valence-corrected chi connectivity index (χ3v) is 4.19. The van der Waals surface area contributed by atoms with Gasteiger partial charge in [0.25, 0.3) is 0 Å². The Morgan fingerprint density at radius 1 is 0.870 bits per heavy atom. The number of hydrogen-bond donors (Lipinski definition) is 1. The molecule has 0 aromatic heterocycles. The second-order valence-electron chi connectivity index (χ2n) is 5.71. The van der Waals surface area contributed by atoms with Gasteiger partial charge in [-0.1, -0.05) is 74.2 Å². The number of halogens is 1. The number of rotatable bonds is 10. The van der Waals surface area contributed by atoms with E-state index in [0.717, 1.165) is 42.5 Å². The van der Waals surface area contributed by atoms with Crippen LogP contribution in [0.2, 0.25) is 5.02 Å². The van der Waals surface area contributed by atoms with Crippen molar-refractivity contribution >= 4 is 11.6 Å². The monoisotopic (exact) mass is 331 g/mol. The van der Waals surface area contributed by atoms with Crippen molar-refractivity contribution < 1.29 is 4.74 Å². The molecular weight excluding hydrogens is 306 g/mol. The highest BCUT2D eigenvalue weighted by Crippen LogP contribution is 2.19. The molecule has 1 N–H and O–H groups in total. The molecule has 2 aromatic rings. The van der Waals surface area contributed by atoms with Crippen LogP contribution >= 0.6 is 11.6 Å². The van der Waals surface area contributed by atoms with E-state index in [1.807, 2.05) is 36.4 Å². The second-order valence-corrected chi connectivity index (χ2v) is 6.12. The van der Waals surface area contributed by atoms with Crippen LogP contribution in [0, 0.1) is 0 Å². The Morgan fingerprint density at radius 2 is 1.57 bits per heavy atom. The van der Waals surface area contributed by atoms with E-state index >= 15 is 0 Å². The van der Waals surface area contributed by atoms with Crippen LogP contribution in [-0.2, 0) is 13.1 Å². The van der Waals surface area contributed by atoms with E-state index in [-0.39, 0.29) is 0 Å². The summed E-state index contributed by atoms with van der Waals surface area (Å²) < 4.78 is 5.94. The van der Waals surface area contributed by atoms with Gasteiger partial charge in [-0.05, 0) is 24.1 Å². The van der Waals surface area contributed by atoms with Crippen LogP contribution in [-0.4, -0.2) is 6.61 Å². The first-order valence-electron chi connectivity index (χ1n) is 8.46. The van der Waals surface area contributed by atoms with Crippen LogP contribution in [0.25, 0.3) is 0 Å². The largest absolute Gasteiger partial charge is 0.493 e. The minimum absolute atomic E-state index is 0.754. The minimum Gasteiger partial charge on any atom is -0.493 e. The quantitative estimate of drug-likeness (QED) is 0.573. The van der Waals surface area contributed by atoms with Gasteiger partial charge in [0.05, 0.1) is 6.61 Å². The molecule has 0 radical (unpaired) electrons. The summed E-state index contributed by atoms with van der Waals surface area (Å²) in [5.74, 6) is 0.982. The van der Waals surface area contributed by atoms with E-state index in [1.165, 1.54) is 24.8 Å². The van der Waals surface area contributed by atoms with Crippen LogP contribution in [0.1, 0.15) is 43.7 Å². The summed E-state index contributed by atoms with van der Waals surface area (Å²) in [7, 11) is 0. The first-order valence-corrected chi connectivity index (χ1v) is 8.84. The predicted octanol–water partition coefficient (Wildman–Crippen LogP) is 5.59. The lowest BCUT2D eigenvalue weighted by molar-refractivity contribution is 0.301. The van der Waals surface area contributed by atoms with Gasteiger partial charge in [-0.25, -0.2) is 0 Å². The zero-order valence-electron chi connectivity index (χ0n) is 13.9. The molecule has 2 rings (SSSR count). The van der Waals surface area contributed by atoms with E-state index in [2.05, 4.69) is 24.4 Å². The van der Waals surface area contributed by atoms with Crippen molar-refractivity contribution in [2.75, 3.05) is 6.61 Å². The van der Waals surface area contributed by atoms with Gasteiger partial charge in [-0.3, -0.25) is 0 Å². The van der Waals surface area contributed by atoms with Crippen LogP contribution in [0.3, 0.4) is 0 Å². The van der Waals surface area contributed by atoms with Gasteiger partial charge < -0.3 is 10.1 Å². The fourth-order valence-corrected chi connectivity index (χ4v) is 2.68. The van der Waals surface area contributed by atoms with Crippen molar-refractivity contribution in [2.24, 2.45) is 0 Å². The highest BCUT2D eigenvalue weighted by atomic mass is 35.5. The van der Waals surface area contributed by atoms with Gasteiger partial charge in [-0.2, -0.15) is 0 Å². The van der Waals surface area contributed by atoms with E-state index in [1.54, 1.807) is 0 Å². The Bertz CT molecular complexity index is 585. The van der Waals surface area contributed by atoms with Crippen LogP contribution < -0.4 is 10.1 Å².